The fourth-order valence-corrected chi connectivity index (χ4v) is 3.67. The highest BCUT2D eigenvalue weighted by atomic mass is 32.2. The second-order valence-corrected chi connectivity index (χ2v) is 7.57. The zero-order chi connectivity index (χ0) is 15.3. The molecule has 1 heterocycles. The van der Waals surface area contributed by atoms with Crippen molar-refractivity contribution in [1.82, 2.24) is 9.29 Å². The number of hydrazine groups is 1. The largest absolute Gasteiger partial charge is 0.308 e. The summed E-state index contributed by atoms with van der Waals surface area (Å²) in [5, 5.41) is 0. The average Bonchev–Trinajstić information content (AvgIpc) is 2.37. The van der Waals surface area contributed by atoms with Crippen LogP contribution in [0.2, 0.25) is 0 Å². The molecule has 0 radical (unpaired) electrons. The van der Waals surface area contributed by atoms with Crippen LogP contribution in [0.1, 0.15) is 27.7 Å². The minimum Gasteiger partial charge on any atom is -0.308 e. The molecule has 0 aliphatic rings. The van der Waals surface area contributed by atoms with E-state index in [9.17, 15) is 8.42 Å². The molecule has 3 N–H and O–H groups in total. The highest BCUT2D eigenvalue weighted by Gasteiger charge is 2.26. The van der Waals surface area contributed by atoms with E-state index in [0.29, 0.717) is 18.9 Å². The number of nitrogens with one attached hydrogen (secondary N) is 1. The Labute approximate surface area is 121 Å². The molecule has 0 atom stereocenters. The van der Waals surface area contributed by atoms with Gasteiger partial charge in [0.05, 0.1) is 4.90 Å². The van der Waals surface area contributed by atoms with Gasteiger partial charge in [-0.3, -0.25) is 0 Å². The second-order valence-electron chi connectivity index (χ2n) is 5.63. The van der Waals surface area contributed by atoms with E-state index in [2.05, 4.69) is 10.4 Å². The molecule has 0 aromatic carbocycles. The molecule has 7 heteroatoms. The van der Waals surface area contributed by atoms with Gasteiger partial charge in [-0.25, -0.2) is 19.2 Å². The first-order valence-corrected chi connectivity index (χ1v) is 8.14. The predicted molar refractivity (Wildman–Crippen MR) is 80.5 cm³/mol. The Morgan fingerprint density at radius 2 is 1.80 bits per heavy atom. The van der Waals surface area contributed by atoms with Gasteiger partial charge in [0, 0.05) is 25.4 Å². The number of hydrogen-bond acceptors (Lipinski definition) is 5. The van der Waals surface area contributed by atoms with E-state index in [1.54, 1.807) is 0 Å². The quantitative estimate of drug-likeness (QED) is 0.590. The third-order valence-corrected chi connectivity index (χ3v) is 4.48. The van der Waals surface area contributed by atoms with Gasteiger partial charge in [0.2, 0.25) is 10.0 Å². The lowest BCUT2D eigenvalue weighted by Crippen LogP contribution is -2.37. The van der Waals surface area contributed by atoms with Crippen LogP contribution in [0.25, 0.3) is 0 Å². The van der Waals surface area contributed by atoms with Crippen LogP contribution in [0.3, 0.4) is 0 Å². The fourth-order valence-electron chi connectivity index (χ4n) is 1.88. The third kappa shape index (κ3) is 4.43. The lowest BCUT2D eigenvalue weighted by atomic mass is 10.2. The molecule has 114 valence electrons. The van der Waals surface area contributed by atoms with Gasteiger partial charge in [0.25, 0.3) is 0 Å². The van der Waals surface area contributed by atoms with Gasteiger partial charge < -0.3 is 5.43 Å². The van der Waals surface area contributed by atoms with E-state index >= 15 is 0 Å². The predicted octanol–water partition coefficient (Wildman–Crippen LogP) is 1.67. The zero-order valence-corrected chi connectivity index (χ0v) is 13.3. The van der Waals surface area contributed by atoms with E-state index in [-0.39, 0.29) is 16.7 Å². The van der Waals surface area contributed by atoms with Gasteiger partial charge in [-0.1, -0.05) is 27.7 Å². The molecule has 0 fully saturated rings. The number of anilines is 1. The SMILES string of the molecule is CC(C)CN(CC(C)C)S(=O)(=O)c1ccnc(NN)c1. The first kappa shape index (κ1) is 16.9. The van der Waals surface area contributed by atoms with E-state index in [4.69, 9.17) is 5.84 Å². The van der Waals surface area contributed by atoms with Crippen LogP contribution in [0, 0.1) is 11.8 Å². The Bertz CT molecular complexity index is 519. The average molecular weight is 300 g/mol. The summed E-state index contributed by atoms with van der Waals surface area (Å²) in [7, 11) is -3.53. The van der Waals surface area contributed by atoms with Gasteiger partial charge in [0.15, 0.2) is 0 Å². The molecule has 0 aliphatic carbocycles. The standard InChI is InChI=1S/C13H24N4O2S/c1-10(2)8-17(9-11(3)4)20(18,19)12-5-6-15-13(7-12)16-14/h5-7,10-11H,8-9,14H2,1-4H3,(H,15,16). The monoisotopic (exact) mass is 300 g/mol. The molecule has 1 aromatic heterocycles. The first-order valence-electron chi connectivity index (χ1n) is 6.70. The highest BCUT2D eigenvalue weighted by molar-refractivity contribution is 7.89. The smallest absolute Gasteiger partial charge is 0.243 e. The van der Waals surface area contributed by atoms with Gasteiger partial charge >= 0.3 is 0 Å². The molecular weight excluding hydrogens is 276 g/mol. The van der Waals surface area contributed by atoms with E-state index in [1.165, 1.54) is 22.6 Å². The molecular formula is C13H24N4O2S. The molecule has 0 saturated heterocycles. The maximum atomic E-state index is 12.7. The van der Waals surface area contributed by atoms with Crippen LogP contribution in [0.5, 0.6) is 0 Å². The van der Waals surface area contributed by atoms with Crippen molar-refractivity contribution in [3.05, 3.63) is 18.3 Å². The van der Waals surface area contributed by atoms with Crippen molar-refractivity contribution >= 4 is 15.8 Å². The molecule has 0 unspecified atom stereocenters. The van der Waals surface area contributed by atoms with Crippen molar-refractivity contribution in [2.24, 2.45) is 17.7 Å². The van der Waals surface area contributed by atoms with Crippen LogP contribution >= 0.6 is 0 Å². The number of nitrogen functional groups attached to an aromatic ring is 1. The van der Waals surface area contributed by atoms with Crippen molar-refractivity contribution < 1.29 is 8.42 Å². The van der Waals surface area contributed by atoms with Crippen LogP contribution < -0.4 is 11.3 Å². The van der Waals surface area contributed by atoms with Crippen molar-refractivity contribution in [1.29, 1.82) is 0 Å². The first-order chi connectivity index (χ1) is 9.27. The van der Waals surface area contributed by atoms with Crippen molar-refractivity contribution in [3.63, 3.8) is 0 Å². The fraction of sp³-hybridized carbons (Fsp3) is 0.615. The van der Waals surface area contributed by atoms with Crippen molar-refractivity contribution in [2.75, 3.05) is 18.5 Å². The zero-order valence-electron chi connectivity index (χ0n) is 12.5. The summed E-state index contributed by atoms with van der Waals surface area (Å²) >= 11 is 0. The maximum Gasteiger partial charge on any atom is 0.243 e. The van der Waals surface area contributed by atoms with Gasteiger partial charge in [0.1, 0.15) is 5.82 Å². The summed E-state index contributed by atoms with van der Waals surface area (Å²) in [6, 6.07) is 2.94. The van der Waals surface area contributed by atoms with E-state index in [0.717, 1.165) is 0 Å². The normalized spacial score (nSPS) is 12.4. The maximum absolute atomic E-state index is 12.7. The molecule has 6 nitrogen and oxygen atoms in total. The topological polar surface area (TPSA) is 88.3 Å². The Morgan fingerprint density at radius 3 is 2.25 bits per heavy atom. The summed E-state index contributed by atoms with van der Waals surface area (Å²) in [4.78, 5) is 4.14. The molecule has 0 spiro atoms. The minimum absolute atomic E-state index is 0.210. The van der Waals surface area contributed by atoms with E-state index in [1.807, 2.05) is 27.7 Å². The molecule has 1 rings (SSSR count). The van der Waals surface area contributed by atoms with Crippen LogP contribution in [0.15, 0.2) is 23.2 Å². The number of nitrogens with zero attached hydrogens (tertiary/aromatic N) is 2. The minimum atomic E-state index is -3.53. The number of hydrogen-bond donors (Lipinski definition) is 2. The summed E-state index contributed by atoms with van der Waals surface area (Å²) in [6.07, 6.45) is 1.44. The van der Waals surface area contributed by atoms with Crippen LogP contribution in [-0.2, 0) is 10.0 Å². The molecule has 1 aromatic rings. The Balaban J connectivity index is 3.13. The van der Waals surface area contributed by atoms with Crippen molar-refractivity contribution in [2.45, 2.75) is 32.6 Å². The van der Waals surface area contributed by atoms with Crippen LogP contribution in [-0.4, -0.2) is 30.8 Å². The summed E-state index contributed by atoms with van der Waals surface area (Å²) < 4.78 is 26.9. The molecule has 0 saturated carbocycles. The highest BCUT2D eigenvalue weighted by Crippen LogP contribution is 2.20. The Hall–Kier alpha value is -1.18. The van der Waals surface area contributed by atoms with Crippen LogP contribution in [0.4, 0.5) is 5.82 Å². The Morgan fingerprint density at radius 1 is 1.25 bits per heavy atom. The second kappa shape index (κ2) is 7.01. The summed E-state index contributed by atoms with van der Waals surface area (Å²) in [5.41, 5.74) is 2.37. The van der Waals surface area contributed by atoms with Gasteiger partial charge in [-0.05, 0) is 17.9 Å². The number of pyridine rings is 1. The number of nitrogens with two attached hydrogens (primary N) is 1. The third-order valence-electron chi connectivity index (χ3n) is 2.65. The van der Waals surface area contributed by atoms with Crippen molar-refractivity contribution in [3.8, 4) is 0 Å². The molecule has 0 amide bonds. The number of rotatable bonds is 7. The molecule has 0 bridgehead atoms. The summed E-state index contributed by atoms with van der Waals surface area (Å²) in [5.74, 6) is 6.14. The van der Waals surface area contributed by atoms with Gasteiger partial charge in [-0.15, -0.1) is 0 Å². The number of sulfonamides is 1. The summed E-state index contributed by atoms with van der Waals surface area (Å²) in [6.45, 7) is 9.00. The Kier molecular flexibility index (Phi) is 5.91. The molecule has 0 aliphatic heterocycles. The number of aromatic nitrogens is 1. The van der Waals surface area contributed by atoms with E-state index < -0.39 is 10.0 Å². The lowest BCUT2D eigenvalue weighted by molar-refractivity contribution is 0.333. The van der Waals surface area contributed by atoms with Gasteiger partial charge in [-0.2, -0.15) is 4.31 Å². The molecule has 20 heavy (non-hydrogen) atoms. The lowest BCUT2D eigenvalue weighted by Gasteiger charge is -2.25.